The maximum absolute atomic E-state index is 13.8. The molecule has 2 heterocycles. The van der Waals surface area contributed by atoms with Crippen LogP contribution in [0.3, 0.4) is 0 Å². The first-order chi connectivity index (χ1) is 16.2. The van der Waals surface area contributed by atoms with Gasteiger partial charge in [0.25, 0.3) is 0 Å². The lowest BCUT2D eigenvalue weighted by atomic mass is 9.89. The van der Waals surface area contributed by atoms with Crippen molar-refractivity contribution in [3.05, 3.63) is 65.2 Å². The zero-order chi connectivity index (χ0) is 24.3. The van der Waals surface area contributed by atoms with Crippen molar-refractivity contribution in [2.24, 2.45) is 0 Å². The number of benzene rings is 2. The van der Waals surface area contributed by atoms with Crippen LogP contribution in [0.25, 0.3) is 0 Å². The Bertz CT molecular complexity index is 1110. The SMILES string of the molecule is CN(C(=O)C1CCOc2ccc(CNS(C)(=O)=O)cc21)C(CN1CCC(O)C1)c1ccccc1. The van der Waals surface area contributed by atoms with Crippen molar-refractivity contribution in [3.8, 4) is 5.75 Å². The molecule has 3 unspecified atom stereocenters. The summed E-state index contributed by atoms with van der Waals surface area (Å²) in [5.41, 5.74) is 2.62. The van der Waals surface area contributed by atoms with Crippen LogP contribution in [0, 0.1) is 0 Å². The number of nitrogens with one attached hydrogen (secondary N) is 1. The van der Waals surface area contributed by atoms with E-state index in [-0.39, 0.29) is 30.5 Å². The van der Waals surface area contributed by atoms with Gasteiger partial charge in [-0.15, -0.1) is 0 Å². The third-order valence-electron chi connectivity index (χ3n) is 6.63. The zero-order valence-corrected chi connectivity index (χ0v) is 20.5. The number of carbonyl (C=O) groups excluding carboxylic acids is 1. The van der Waals surface area contributed by atoms with Crippen LogP contribution in [0.15, 0.2) is 48.5 Å². The molecule has 2 aliphatic heterocycles. The number of β-amino-alcohol motifs (C(OH)–C–C–N with tert-alkyl or cyclic N) is 1. The second-order valence-corrected chi connectivity index (χ2v) is 11.1. The maximum atomic E-state index is 13.8. The second-order valence-electron chi connectivity index (χ2n) is 9.23. The lowest BCUT2D eigenvalue weighted by molar-refractivity contribution is -0.134. The molecular weight excluding hydrogens is 454 g/mol. The number of carbonyl (C=O) groups is 1. The molecule has 34 heavy (non-hydrogen) atoms. The highest BCUT2D eigenvalue weighted by Gasteiger charge is 2.34. The van der Waals surface area contributed by atoms with Crippen LogP contribution in [0.1, 0.15) is 41.5 Å². The van der Waals surface area contributed by atoms with Crippen molar-refractivity contribution in [1.29, 1.82) is 0 Å². The number of hydrogen-bond donors (Lipinski definition) is 2. The number of hydrogen-bond acceptors (Lipinski definition) is 6. The highest BCUT2D eigenvalue weighted by Crippen LogP contribution is 2.37. The smallest absolute Gasteiger partial charge is 0.230 e. The van der Waals surface area contributed by atoms with E-state index < -0.39 is 10.0 Å². The number of likely N-dealkylation sites (N-methyl/N-ethyl adjacent to an activating group) is 1. The quantitative estimate of drug-likeness (QED) is 0.590. The Kier molecular flexibility index (Phi) is 7.57. The largest absolute Gasteiger partial charge is 0.493 e. The third kappa shape index (κ3) is 5.96. The van der Waals surface area contributed by atoms with Gasteiger partial charge in [0.2, 0.25) is 15.9 Å². The number of likely N-dealkylation sites (tertiary alicyclic amines) is 1. The molecule has 2 aromatic rings. The van der Waals surface area contributed by atoms with E-state index in [9.17, 15) is 18.3 Å². The van der Waals surface area contributed by atoms with Crippen LogP contribution in [-0.2, 0) is 21.4 Å². The van der Waals surface area contributed by atoms with Crippen LogP contribution in [0.2, 0.25) is 0 Å². The molecule has 0 radical (unpaired) electrons. The Labute approximate surface area is 201 Å². The van der Waals surface area contributed by atoms with E-state index in [0.29, 0.717) is 31.9 Å². The first kappa shape index (κ1) is 24.7. The Morgan fingerprint density at radius 2 is 2.00 bits per heavy atom. The van der Waals surface area contributed by atoms with Crippen LogP contribution in [0.4, 0.5) is 0 Å². The number of sulfonamides is 1. The number of aliphatic hydroxyl groups excluding tert-OH is 1. The Morgan fingerprint density at radius 1 is 1.24 bits per heavy atom. The van der Waals surface area contributed by atoms with Crippen molar-refractivity contribution in [2.45, 2.75) is 37.5 Å². The highest BCUT2D eigenvalue weighted by molar-refractivity contribution is 7.88. The molecule has 0 bridgehead atoms. The zero-order valence-electron chi connectivity index (χ0n) is 19.7. The molecule has 3 atom stereocenters. The summed E-state index contributed by atoms with van der Waals surface area (Å²) >= 11 is 0. The van der Waals surface area contributed by atoms with Gasteiger partial charge in [0.15, 0.2) is 0 Å². The molecular formula is C25H33N3O5S. The summed E-state index contributed by atoms with van der Waals surface area (Å²) in [6, 6.07) is 15.3. The van der Waals surface area contributed by atoms with Crippen molar-refractivity contribution in [2.75, 3.05) is 39.5 Å². The molecule has 0 saturated carbocycles. The van der Waals surface area contributed by atoms with Gasteiger partial charge >= 0.3 is 0 Å². The molecule has 2 aliphatic rings. The molecule has 0 aromatic heterocycles. The molecule has 1 saturated heterocycles. The minimum atomic E-state index is -3.32. The number of ether oxygens (including phenoxy) is 1. The van der Waals surface area contributed by atoms with Gasteiger partial charge in [0.05, 0.1) is 30.9 Å². The fourth-order valence-electron chi connectivity index (χ4n) is 4.77. The van der Waals surface area contributed by atoms with Crippen molar-refractivity contribution < 1.29 is 23.1 Å². The maximum Gasteiger partial charge on any atom is 0.230 e. The monoisotopic (exact) mass is 487 g/mol. The first-order valence-electron chi connectivity index (χ1n) is 11.6. The lowest BCUT2D eigenvalue weighted by Crippen LogP contribution is -2.41. The summed E-state index contributed by atoms with van der Waals surface area (Å²) in [4.78, 5) is 17.9. The number of fused-ring (bicyclic) bond motifs is 1. The summed E-state index contributed by atoms with van der Waals surface area (Å²) < 4.78 is 31.3. The molecule has 4 rings (SSSR count). The highest BCUT2D eigenvalue weighted by atomic mass is 32.2. The minimum absolute atomic E-state index is 0.00590. The Hall–Kier alpha value is -2.46. The van der Waals surface area contributed by atoms with E-state index >= 15 is 0 Å². The van der Waals surface area contributed by atoms with Gasteiger partial charge in [-0.2, -0.15) is 0 Å². The first-order valence-corrected chi connectivity index (χ1v) is 13.5. The Balaban J connectivity index is 1.58. The number of nitrogens with zero attached hydrogens (tertiary/aromatic N) is 2. The summed E-state index contributed by atoms with van der Waals surface area (Å²) in [6.45, 7) is 2.68. The van der Waals surface area contributed by atoms with Gasteiger partial charge in [-0.1, -0.05) is 36.4 Å². The average molecular weight is 488 g/mol. The summed E-state index contributed by atoms with van der Waals surface area (Å²) in [6.07, 6.45) is 2.11. The van der Waals surface area contributed by atoms with Gasteiger partial charge in [-0.3, -0.25) is 9.69 Å². The molecule has 0 aliphatic carbocycles. The van der Waals surface area contributed by atoms with Crippen molar-refractivity contribution in [3.63, 3.8) is 0 Å². The minimum Gasteiger partial charge on any atom is -0.493 e. The van der Waals surface area contributed by atoms with Gasteiger partial charge in [0.1, 0.15) is 5.75 Å². The van der Waals surface area contributed by atoms with Gasteiger partial charge in [-0.05, 0) is 36.1 Å². The van der Waals surface area contributed by atoms with E-state index in [1.165, 1.54) is 0 Å². The fourth-order valence-corrected chi connectivity index (χ4v) is 5.20. The number of aliphatic hydroxyl groups is 1. The third-order valence-corrected chi connectivity index (χ3v) is 7.30. The molecule has 0 spiro atoms. The summed E-state index contributed by atoms with van der Waals surface area (Å²) in [7, 11) is -1.48. The standard InChI is InChI=1S/C25H33N3O5S/c1-27(23(19-6-4-3-5-7-19)17-28-12-10-20(29)16-28)25(30)21-11-13-33-24-9-8-18(14-22(21)24)15-26-34(2,31)32/h3-9,14,20-21,23,26,29H,10-13,15-17H2,1-2H3. The molecule has 2 N–H and O–H groups in total. The van der Waals surface area contributed by atoms with E-state index in [1.807, 2.05) is 60.5 Å². The van der Waals surface area contributed by atoms with Crippen LogP contribution in [-0.4, -0.2) is 74.9 Å². The molecule has 1 fully saturated rings. The summed E-state index contributed by atoms with van der Waals surface area (Å²) in [5.74, 6) is 0.300. The average Bonchev–Trinajstić information content (AvgIpc) is 3.24. The molecule has 2 aromatic carbocycles. The number of amides is 1. The second kappa shape index (κ2) is 10.4. The van der Waals surface area contributed by atoms with E-state index in [2.05, 4.69) is 9.62 Å². The van der Waals surface area contributed by atoms with E-state index in [0.717, 1.165) is 35.9 Å². The van der Waals surface area contributed by atoms with Crippen molar-refractivity contribution in [1.82, 2.24) is 14.5 Å². The number of rotatable bonds is 8. The molecule has 1 amide bonds. The topological polar surface area (TPSA) is 99.2 Å². The van der Waals surface area contributed by atoms with Gasteiger partial charge in [-0.25, -0.2) is 13.1 Å². The molecule has 9 heteroatoms. The van der Waals surface area contributed by atoms with Gasteiger partial charge < -0.3 is 14.7 Å². The normalized spacial score (nSPS) is 21.5. The van der Waals surface area contributed by atoms with Crippen LogP contribution >= 0.6 is 0 Å². The van der Waals surface area contributed by atoms with Gasteiger partial charge in [0, 0.05) is 38.8 Å². The predicted molar refractivity (Wildman–Crippen MR) is 130 cm³/mol. The molecule has 8 nitrogen and oxygen atoms in total. The van der Waals surface area contributed by atoms with E-state index in [1.54, 1.807) is 0 Å². The lowest BCUT2D eigenvalue weighted by Gasteiger charge is -2.36. The van der Waals surface area contributed by atoms with Crippen LogP contribution in [0.5, 0.6) is 5.75 Å². The van der Waals surface area contributed by atoms with E-state index in [4.69, 9.17) is 4.74 Å². The predicted octanol–water partition coefficient (Wildman–Crippen LogP) is 1.87. The van der Waals surface area contributed by atoms with Crippen molar-refractivity contribution >= 4 is 15.9 Å². The molecule has 184 valence electrons. The Morgan fingerprint density at radius 3 is 2.68 bits per heavy atom. The summed E-state index contributed by atoms with van der Waals surface area (Å²) in [5, 5.41) is 9.99. The fraction of sp³-hybridized carbons (Fsp3) is 0.480. The van der Waals surface area contributed by atoms with Crippen LogP contribution < -0.4 is 9.46 Å².